The van der Waals surface area contributed by atoms with Crippen LogP contribution in [0.25, 0.3) is 10.2 Å². The highest BCUT2D eigenvalue weighted by Gasteiger charge is 2.18. The first-order chi connectivity index (χ1) is 11.5. The average Bonchev–Trinajstić information content (AvgIpc) is 3.00. The minimum atomic E-state index is -0.0192. The molecule has 3 rings (SSSR count). The zero-order chi connectivity index (χ0) is 17.1. The molecule has 0 radical (unpaired) electrons. The van der Waals surface area contributed by atoms with Gasteiger partial charge in [-0.3, -0.25) is 9.69 Å². The average molecular weight is 339 g/mol. The number of hydrogen-bond donors (Lipinski definition) is 1. The Morgan fingerprint density at radius 1 is 1.21 bits per heavy atom. The molecular weight excluding hydrogens is 318 g/mol. The highest BCUT2D eigenvalue weighted by Crippen LogP contribution is 2.28. The summed E-state index contributed by atoms with van der Waals surface area (Å²) in [7, 11) is 1.95. The molecule has 0 aliphatic carbocycles. The summed E-state index contributed by atoms with van der Waals surface area (Å²) in [5.41, 5.74) is 3.02. The smallest absolute Gasteiger partial charge is 0.238 e. The lowest BCUT2D eigenvalue weighted by Crippen LogP contribution is -2.32. The third-order valence-electron chi connectivity index (χ3n) is 4.06. The number of para-hydroxylation sites is 1. The van der Waals surface area contributed by atoms with Crippen molar-refractivity contribution in [2.45, 2.75) is 19.9 Å². The molecule has 5 heteroatoms. The first kappa shape index (κ1) is 16.6. The molecule has 1 amide bonds. The van der Waals surface area contributed by atoms with Crippen molar-refractivity contribution < 1.29 is 4.79 Å². The number of carbonyl (C=O) groups excluding carboxylic acids is 1. The van der Waals surface area contributed by atoms with E-state index < -0.39 is 0 Å². The summed E-state index contributed by atoms with van der Waals surface area (Å²) in [6.45, 7) is 4.43. The van der Waals surface area contributed by atoms with Crippen LogP contribution in [0.1, 0.15) is 23.5 Å². The van der Waals surface area contributed by atoms with E-state index in [4.69, 9.17) is 0 Å². The number of aryl methyl sites for hydroxylation is 1. The van der Waals surface area contributed by atoms with Crippen molar-refractivity contribution >= 4 is 33.1 Å². The van der Waals surface area contributed by atoms with Gasteiger partial charge in [0.1, 0.15) is 5.01 Å². The molecule has 0 aliphatic rings. The van der Waals surface area contributed by atoms with E-state index in [1.165, 1.54) is 10.3 Å². The van der Waals surface area contributed by atoms with Crippen LogP contribution in [0.15, 0.2) is 48.5 Å². The van der Waals surface area contributed by atoms with Gasteiger partial charge in [0.15, 0.2) is 0 Å². The van der Waals surface area contributed by atoms with Crippen molar-refractivity contribution in [2.24, 2.45) is 0 Å². The molecule has 0 bridgehead atoms. The number of nitrogens with one attached hydrogen (secondary N) is 1. The summed E-state index contributed by atoms with van der Waals surface area (Å²) in [5, 5.41) is 3.96. The zero-order valence-electron chi connectivity index (χ0n) is 14.1. The Balaban J connectivity index is 1.63. The standard InChI is InChI=1S/C19H21N3OS/c1-13-8-10-15(11-9-13)20-18(23)12-22(3)14(2)19-21-16-6-4-5-7-17(16)24-19/h4-11,14H,12H2,1-3H3,(H,20,23)/t14-/m0/s1. The minimum Gasteiger partial charge on any atom is -0.325 e. The van der Waals surface area contributed by atoms with E-state index in [1.807, 2.05) is 61.3 Å². The Hall–Kier alpha value is -2.24. The van der Waals surface area contributed by atoms with Crippen LogP contribution in [0.4, 0.5) is 5.69 Å². The van der Waals surface area contributed by atoms with Gasteiger partial charge in [-0.05, 0) is 45.2 Å². The second-order valence-corrected chi connectivity index (χ2v) is 7.09. The summed E-state index contributed by atoms with van der Waals surface area (Å²) in [6, 6.07) is 16.0. The van der Waals surface area contributed by atoms with Gasteiger partial charge in [0.05, 0.1) is 22.8 Å². The zero-order valence-corrected chi connectivity index (χ0v) is 14.9. The minimum absolute atomic E-state index is 0.0192. The SMILES string of the molecule is Cc1ccc(NC(=O)CN(C)[C@@H](C)c2nc3ccccc3s2)cc1. The van der Waals surface area contributed by atoms with Crippen LogP contribution in [0.3, 0.4) is 0 Å². The van der Waals surface area contributed by atoms with Crippen LogP contribution in [-0.4, -0.2) is 29.4 Å². The molecule has 3 aromatic rings. The number of benzene rings is 2. The number of aromatic nitrogens is 1. The van der Waals surface area contributed by atoms with Crippen LogP contribution >= 0.6 is 11.3 Å². The van der Waals surface area contributed by atoms with Gasteiger partial charge in [-0.2, -0.15) is 0 Å². The first-order valence-corrected chi connectivity index (χ1v) is 8.77. The normalized spacial score (nSPS) is 12.5. The fourth-order valence-electron chi connectivity index (χ4n) is 2.46. The van der Waals surface area contributed by atoms with E-state index in [0.29, 0.717) is 6.54 Å². The van der Waals surface area contributed by atoms with E-state index in [0.717, 1.165) is 16.2 Å². The van der Waals surface area contributed by atoms with E-state index in [1.54, 1.807) is 11.3 Å². The summed E-state index contributed by atoms with van der Waals surface area (Å²) >= 11 is 1.68. The van der Waals surface area contributed by atoms with Crippen molar-refractivity contribution in [3.8, 4) is 0 Å². The van der Waals surface area contributed by atoms with Gasteiger partial charge in [0.2, 0.25) is 5.91 Å². The monoisotopic (exact) mass is 339 g/mol. The van der Waals surface area contributed by atoms with E-state index in [2.05, 4.69) is 23.3 Å². The number of likely N-dealkylation sites (N-methyl/N-ethyl adjacent to an activating group) is 1. The second kappa shape index (κ2) is 7.11. The van der Waals surface area contributed by atoms with Gasteiger partial charge in [-0.25, -0.2) is 4.98 Å². The predicted molar refractivity (Wildman–Crippen MR) is 100 cm³/mol. The van der Waals surface area contributed by atoms with Crippen LogP contribution in [-0.2, 0) is 4.79 Å². The largest absolute Gasteiger partial charge is 0.325 e. The molecule has 124 valence electrons. The molecule has 0 fully saturated rings. The van der Waals surface area contributed by atoms with Crippen LogP contribution in [0.5, 0.6) is 0 Å². The molecule has 1 aromatic heterocycles. The molecule has 1 heterocycles. The van der Waals surface area contributed by atoms with Gasteiger partial charge in [0, 0.05) is 5.69 Å². The van der Waals surface area contributed by atoms with Crippen LogP contribution in [0, 0.1) is 6.92 Å². The molecular formula is C19H21N3OS. The third-order valence-corrected chi connectivity index (χ3v) is 5.26. The molecule has 1 N–H and O–H groups in total. The van der Waals surface area contributed by atoms with Crippen molar-refractivity contribution in [3.63, 3.8) is 0 Å². The number of fused-ring (bicyclic) bond motifs is 1. The van der Waals surface area contributed by atoms with E-state index >= 15 is 0 Å². The van der Waals surface area contributed by atoms with Gasteiger partial charge in [-0.15, -0.1) is 11.3 Å². The number of rotatable bonds is 5. The fraction of sp³-hybridized carbons (Fsp3) is 0.263. The summed E-state index contributed by atoms with van der Waals surface area (Å²) in [4.78, 5) is 18.9. The van der Waals surface area contributed by atoms with Gasteiger partial charge < -0.3 is 5.32 Å². The van der Waals surface area contributed by atoms with Crippen molar-refractivity contribution in [3.05, 3.63) is 59.1 Å². The molecule has 0 saturated heterocycles. The Bertz CT molecular complexity index is 808. The summed E-state index contributed by atoms with van der Waals surface area (Å²) < 4.78 is 1.18. The van der Waals surface area contributed by atoms with E-state index in [-0.39, 0.29) is 11.9 Å². The molecule has 2 aromatic carbocycles. The Morgan fingerprint density at radius 3 is 2.62 bits per heavy atom. The maximum Gasteiger partial charge on any atom is 0.238 e. The van der Waals surface area contributed by atoms with E-state index in [9.17, 15) is 4.79 Å². The first-order valence-electron chi connectivity index (χ1n) is 7.95. The number of thiazole rings is 1. The number of hydrogen-bond acceptors (Lipinski definition) is 4. The highest BCUT2D eigenvalue weighted by atomic mass is 32.1. The van der Waals surface area contributed by atoms with Gasteiger partial charge in [0.25, 0.3) is 0 Å². The van der Waals surface area contributed by atoms with Crippen LogP contribution in [0.2, 0.25) is 0 Å². The quantitative estimate of drug-likeness (QED) is 0.756. The Kier molecular flexibility index (Phi) is 4.92. The maximum atomic E-state index is 12.2. The fourth-order valence-corrected chi connectivity index (χ4v) is 3.54. The Morgan fingerprint density at radius 2 is 1.92 bits per heavy atom. The Labute approximate surface area is 146 Å². The molecule has 1 atom stereocenters. The molecule has 0 aliphatic heterocycles. The molecule has 0 saturated carbocycles. The van der Waals surface area contributed by atoms with Crippen molar-refractivity contribution in [1.82, 2.24) is 9.88 Å². The summed E-state index contributed by atoms with van der Waals surface area (Å²) in [5.74, 6) is -0.0192. The van der Waals surface area contributed by atoms with Gasteiger partial charge in [-0.1, -0.05) is 29.8 Å². The number of amides is 1. The molecule has 0 spiro atoms. The third kappa shape index (κ3) is 3.80. The predicted octanol–water partition coefficient (Wildman–Crippen LogP) is 4.24. The molecule has 24 heavy (non-hydrogen) atoms. The lowest BCUT2D eigenvalue weighted by atomic mass is 10.2. The second-order valence-electron chi connectivity index (χ2n) is 6.03. The number of nitrogens with zero attached hydrogens (tertiary/aromatic N) is 2. The van der Waals surface area contributed by atoms with Crippen molar-refractivity contribution in [2.75, 3.05) is 18.9 Å². The lowest BCUT2D eigenvalue weighted by molar-refractivity contribution is -0.117. The lowest BCUT2D eigenvalue weighted by Gasteiger charge is -2.22. The van der Waals surface area contributed by atoms with Crippen LogP contribution < -0.4 is 5.32 Å². The molecule has 0 unspecified atom stereocenters. The maximum absolute atomic E-state index is 12.2. The molecule has 4 nitrogen and oxygen atoms in total. The number of carbonyl (C=O) groups is 1. The topological polar surface area (TPSA) is 45.2 Å². The highest BCUT2D eigenvalue weighted by molar-refractivity contribution is 7.18. The van der Waals surface area contributed by atoms with Crippen molar-refractivity contribution in [1.29, 1.82) is 0 Å². The van der Waals surface area contributed by atoms with Gasteiger partial charge >= 0.3 is 0 Å². The summed E-state index contributed by atoms with van der Waals surface area (Å²) in [6.07, 6.45) is 0. The number of anilines is 1.